The normalized spacial score (nSPS) is 16.0. The molecule has 3 rings (SSSR count). The van der Waals surface area contributed by atoms with E-state index in [1.54, 1.807) is 0 Å². The number of carbonyl (C=O) groups excluding carboxylic acids is 1. The lowest BCUT2D eigenvalue weighted by molar-refractivity contribution is 0.0930. The monoisotopic (exact) mass is 350 g/mol. The number of halogens is 1. The first-order chi connectivity index (χ1) is 9.97. The van der Waals surface area contributed by atoms with Crippen molar-refractivity contribution in [1.29, 1.82) is 0 Å². The lowest BCUT2D eigenvalue weighted by atomic mass is 10.1. The first kappa shape index (κ1) is 14.4. The van der Waals surface area contributed by atoms with Crippen LogP contribution in [0.1, 0.15) is 53.6 Å². The van der Waals surface area contributed by atoms with Crippen LogP contribution in [0, 0.1) is 6.92 Å². The molecule has 1 aliphatic carbocycles. The van der Waals surface area contributed by atoms with Gasteiger partial charge in [-0.15, -0.1) is 0 Å². The van der Waals surface area contributed by atoms with Crippen molar-refractivity contribution in [3.63, 3.8) is 0 Å². The highest BCUT2D eigenvalue weighted by molar-refractivity contribution is 9.10. The molecule has 0 aliphatic heterocycles. The quantitative estimate of drug-likeness (QED) is 0.920. The Morgan fingerprint density at radius 1 is 1.52 bits per heavy atom. The molecule has 0 aromatic carbocycles. The number of rotatable bonds is 4. The molecule has 21 heavy (non-hydrogen) atoms. The smallest absolute Gasteiger partial charge is 0.268 e. The van der Waals surface area contributed by atoms with Crippen LogP contribution in [0.15, 0.2) is 22.9 Å². The molecular weight excluding hydrogens is 332 g/mol. The third kappa shape index (κ3) is 2.77. The molecule has 2 aromatic rings. The molecule has 5 nitrogen and oxygen atoms in total. The second kappa shape index (κ2) is 5.33. The zero-order valence-corrected chi connectivity index (χ0v) is 14.0. The first-order valence-electron chi connectivity index (χ1n) is 7.14. The summed E-state index contributed by atoms with van der Waals surface area (Å²) in [5.74, 6) is -0.0386. The Bertz CT molecular complexity index is 684. The zero-order valence-electron chi connectivity index (χ0n) is 12.4. The third-order valence-electron chi connectivity index (χ3n) is 4.08. The van der Waals surface area contributed by atoms with E-state index in [9.17, 15) is 4.79 Å². The van der Waals surface area contributed by atoms with E-state index in [1.807, 2.05) is 44.0 Å². The van der Waals surface area contributed by atoms with Gasteiger partial charge in [0.1, 0.15) is 5.69 Å². The highest BCUT2D eigenvalue weighted by atomic mass is 79.9. The van der Waals surface area contributed by atoms with Crippen LogP contribution >= 0.6 is 15.9 Å². The number of aryl methyl sites for hydroxylation is 1. The van der Waals surface area contributed by atoms with Gasteiger partial charge in [0.25, 0.3) is 5.91 Å². The Labute approximate surface area is 132 Å². The number of aromatic nitrogens is 3. The number of nitrogens with zero attached hydrogens (tertiary/aromatic N) is 3. The van der Waals surface area contributed by atoms with E-state index < -0.39 is 0 Å². The van der Waals surface area contributed by atoms with E-state index in [2.05, 4.69) is 30.9 Å². The van der Waals surface area contributed by atoms with Crippen molar-refractivity contribution in [3.05, 3.63) is 39.9 Å². The number of amides is 1. The summed E-state index contributed by atoms with van der Waals surface area (Å²) < 4.78 is 4.84. The summed E-state index contributed by atoms with van der Waals surface area (Å²) in [6.45, 7) is 4.00. The summed E-state index contributed by atoms with van der Waals surface area (Å²) in [7, 11) is 1.91. The van der Waals surface area contributed by atoms with Crippen molar-refractivity contribution >= 4 is 21.8 Å². The fourth-order valence-electron chi connectivity index (χ4n) is 2.57. The van der Waals surface area contributed by atoms with Gasteiger partial charge in [0, 0.05) is 35.0 Å². The third-order valence-corrected chi connectivity index (χ3v) is 4.51. The average molecular weight is 351 g/mol. The maximum absolute atomic E-state index is 12.5. The van der Waals surface area contributed by atoms with E-state index in [0.29, 0.717) is 6.04 Å². The second-order valence-electron chi connectivity index (χ2n) is 5.69. The molecule has 0 radical (unpaired) electrons. The second-order valence-corrected chi connectivity index (χ2v) is 6.60. The van der Waals surface area contributed by atoms with Gasteiger partial charge < -0.3 is 9.88 Å². The molecule has 1 amide bonds. The maximum Gasteiger partial charge on any atom is 0.268 e. The predicted molar refractivity (Wildman–Crippen MR) is 84.2 cm³/mol. The van der Waals surface area contributed by atoms with Gasteiger partial charge >= 0.3 is 0 Å². The van der Waals surface area contributed by atoms with Crippen LogP contribution in [0.5, 0.6) is 0 Å². The minimum absolute atomic E-state index is 0.0386. The zero-order chi connectivity index (χ0) is 15.1. The molecule has 1 fully saturated rings. The molecule has 1 N–H and O–H groups in total. The Morgan fingerprint density at radius 2 is 2.24 bits per heavy atom. The molecule has 0 bridgehead atoms. The Kier molecular flexibility index (Phi) is 3.65. The maximum atomic E-state index is 12.5. The van der Waals surface area contributed by atoms with Crippen LogP contribution in [-0.4, -0.2) is 20.3 Å². The summed E-state index contributed by atoms with van der Waals surface area (Å²) in [4.78, 5) is 12.5. The Hall–Kier alpha value is -1.56. The first-order valence-corrected chi connectivity index (χ1v) is 7.93. The number of nitrogens with one attached hydrogen (secondary N) is 1. The molecule has 6 heteroatoms. The van der Waals surface area contributed by atoms with Crippen LogP contribution in [0.4, 0.5) is 0 Å². The molecule has 1 saturated carbocycles. The molecule has 0 spiro atoms. The van der Waals surface area contributed by atoms with E-state index in [0.717, 1.165) is 34.3 Å². The SMILES string of the molecule is Cc1c(C(C)NC(=O)c2cc(Br)cn2C2CC2)cnn1C. The number of hydrogen-bond donors (Lipinski definition) is 1. The van der Waals surface area contributed by atoms with Crippen LogP contribution in [-0.2, 0) is 7.05 Å². The van der Waals surface area contributed by atoms with Crippen molar-refractivity contribution in [2.75, 3.05) is 0 Å². The van der Waals surface area contributed by atoms with E-state index in [-0.39, 0.29) is 11.9 Å². The largest absolute Gasteiger partial charge is 0.344 e. The van der Waals surface area contributed by atoms with Gasteiger partial charge in [-0.2, -0.15) is 5.10 Å². The fourth-order valence-corrected chi connectivity index (χ4v) is 3.01. The van der Waals surface area contributed by atoms with Gasteiger partial charge in [-0.25, -0.2) is 0 Å². The average Bonchev–Trinajstić information content (AvgIpc) is 3.13. The minimum Gasteiger partial charge on any atom is -0.344 e. The summed E-state index contributed by atoms with van der Waals surface area (Å²) >= 11 is 3.46. The van der Waals surface area contributed by atoms with E-state index in [4.69, 9.17) is 0 Å². The van der Waals surface area contributed by atoms with Crippen molar-refractivity contribution < 1.29 is 4.79 Å². The number of carbonyl (C=O) groups is 1. The number of hydrogen-bond acceptors (Lipinski definition) is 2. The van der Waals surface area contributed by atoms with E-state index in [1.165, 1.54) is 0 Å². The molecule has 1 aliphatic rings. The van der Waals surface area contributed by atoms with Crippen LogP contribution < -0.4 is 5.32 Å². The van der Waals surface area contributed by atoms with Gasteiger partial charge in [0.15, 0.2) is 0 Å². The van der Waals surface area contributed by atoms with Gasteiger partial charge in [-0.1, -0.05) is 0 Å². The molecule has 1 atom stereocenters. The molecule has 0 saturated heterocycles. The standard InChI is InChI=1S/C15H19BrN4O/c1-9(13-7-17-19(3)10(13)2)18-15(21)14-6-11(16)8-20(14)12-4-5-12/h6-9,12H,4-5H2,1-3H3,(H,18,21). The van der Waals surface area contributed by atoms with Gasteiger partial charge in [0.05, 0.1) is 12.2 Å². The lowest BCUT2D eigenvalue weighted by Crippen LogP contribution is -2.28. The van der Waals surface area contributed by atoms with Gasteiger partial charge in [-0.3, -0.25) is 9.48 Å². The highest BCUT2D eigenvalue weighted by Crippen LogP contribution is 2.37. The summed E-state index contributed by atoms with van der Waals surface area (Å²) in [5, 5.41) is 7.30. The Morgan fingerprint density at radius 3 is 2.81 bits per heavy atom. The lowest BCUT2D eigenvalue weighted by Gasteiger charge is -2.15. The van der Waals surface area contributed by atoms with Crippen molar-refractivity contribution in [3.8, 4) is 0 Å². The summed E-state index contributed by atoms with van der Waals surface area (Å²) in [6, 6.07) is 2.30. The summed E-state index contributed by atoms with van der Waals surface area (Å²) in [6.07, 6.45) is 6.11. The van der Waals surface area contributed by atoms with Crippen LogP contribution in [0.25, 0.3) is 0 Å². The summed E-state index contributed by atoms with van der Waals surface area (Å²) in [5.41, 5.74) is 2.84. The van der Waals surface area contributed by atoms with Crippen molar-refractivity contribution in [2.24, 2.45) is 7.05 Å². The van der Waals surface area contributed by atoms with Crippen molar-refractivity contribution in [1.82, 2.24) is 19.7 Å². The molecule has 1 unspecified atom stereocenters. The van der Waals surface area contributed by atoms with Crippen molar-refractivity contribution in [2.45, 2.75) is 38.8 Å². The predicted octanol–water partition coefficient (Wildman–Crippen LogP) is 3.12. The van der Waals surface area contributed by atoms with Crippen LogP contribution in [0.3, 0.4) is 0 Å². The van der Waals surface area contributed by atoms with Crippen LogP contribution in [0.2, 0.25) is 0 Å². The van der Waals surface area contributed by atoms with Gasteiger partial charge in [0.2, 0.25) is 0 Å². The Balaban J connectivity index is 1.78. The molecule has 2 heterocycles. The fraction of sp³-hybridized carbons (Fsp3) is 0.467. The molecular formula is C15H19BrN4O. The topological polar surface area (TPSA) is 51.9 Å². The minimum atomic E-state index is -0.0625. The molecule has 2 aromatic heterocycles. The highest BCUT2D eigenvalue weighted by Gasteiger charge is 2.28. The molecule has 112 valence electrons. The van der Waals surface area contributed by atoms with Gasteiger partial charge in [-0.05, 0) is 48.7 Å². The van der Waals surface area contributed by atoms with E-state index >= 15 is 0 Å².